The molecule has 3 aromatic rings. The molecule has 32 heavy (non-hydrogen) atoms. The highest BCUT2D eigenvalue weighted by Crippen LogP contribution is 2.37. The van der Waals surface area contributed by atoms with Crippen molar-refractivity contribution in [1.29, 1.82) is 0 Å². The van der Waals surface area contributed by atoms with Gasteiger partial charge in [0.15, 0.2) is 0 Å². The van der Waals surface area contributed by atoms with Crippen molar-refractivity contribution in [2.24, 2.45) is 0 Å². The largest absolute Gasteiger partial charge is 0.296 e. The standard InChI is InChI=1S/C24H21ClN4O3/c25-23-17(2-1-3-18(23)19-8-9-20(30)27-24(19)32)16-6-4-15(5-7-16)14-28-21-10-12-26-29(21)13-11-22(28)31/h1-7,10,12,19H,8-9,11,13-14H2,(H,27,30,32)/t19-/m1/s1. The van der Waals surface area contributed by atoms with Crippen LogP contribution >= 0.6 is 11.6 Å². The number of aromatic nitrogens is 2. The number of hydrogen-bond donors (Lipinski definition) is 1. The maximum absolute atomic E-state index is 12.4. The number of fused-ring (bicyclic) bond motifs is 1. The van der Waals surface area contributed by atoms with Crippen molar-refractivity contribution in [3.63, 3.8) is 0 Å². The number of amides is 3. The summed E-state index contributed by atoms with van der Waals surface area (Å²) in [5.74, 6) is -0.0906. The average Bonchev–Trinajstić information content (AvgIpc) is 3.26. The number of halogens is 1. The van der Waals surface area contributed by atoms with Gasteiger partial charge < -0.3 is 0 Å². The van der Waals surface area contributed by atoms with E-state index in [1.54, 1.807) is 11.1 Å². The molecule has 1 N–H and O–H groups in total. The number of carbonyl (C=O) groups excluding carboxylic acids is 3. The monoisotopic (exact) mass is 448 g/mol. The number of nitrogens with zero attached hydrogens (tertiary/aromatic N) is 3. The number of nitrogens with one attached hydrogen (secondary N) is 1. The number of benzene rings is 2. The molecule has 8 heteroatoms. The lowest BCUT2D eigenvalue weighted by molar-refractivity contribution is -0.134. The number of anilines is 1. The van der Waals surface area contributed by atoms with Crippen LogP contribution in [0.25, 0.3) is 11.1 Å². The zero-order valence-corrected chi connectivity index (χ0v) is 18.0. The second kappa shape index (κ2) is 8.24. The Kier molecular flexibility index (Phi) is 5.27. The van der Waals surface area contributed by atoms with Crippen LogP contribution in [0.15, 0.2) is 54.7 Å². The molecule has 0 aliphatic carbocycles. The first-order chi connectivity index (χ1) is 15.5. The molecule has 1 atom stereocenters. The summed E-state index contributed by atoms with van der Waals surface area (Å²) in [4.78, 5) is 38.0. The topological polar surface area (TPSA) is 84.3 Å². The second-order valence-corrected chi connectivity index (χ2v) is 8.43. The molecule has 0 bridgehead atoms. The molecular formula is C24H21ClN4O3. The summed E-state index contributed by atoms with van der Waals surface area (Å²) in [6.45, 7) is 1.08. The van der Waals surface area contributed by atoms with E-state index < -0.39 is 5.92 Å². The number of rotatable bonds is 4. The third-order valence-corrected chi connectivity index (χ3v) is 6.48. The fourth-order valence-electron chi connectivity index (χ4n) is 4.37. The minimum absolute atomic E-state index is 0.0852. The van der Waals surface area contributed by atoms with Crippen LogP contribution in [0.3, 0.4) is 0 Å². The summed E-state index contributed by atoms with van der Waals surface area (Å²) >= 11 is 6.71. The molecule has 3 heterocycles. The Morgan fingerprint density at radius 3 is 2.62 bits per heavy atom. The highest BCUT2D eigenvalue weighted by molar-refractivity contribution is 6.34. The Morgan fingerprint density at radius 1 is 1.03 bits per heavy atom. The van der Waals surface area contributed by atoms with Crippen LogP contribution in [-0.2, 0) is 27.5 Å². The first kappa shape index (κ1) is 20.5. The van der Waals surface area contributed by atoms with Crippen LogP contribution in [0.5, 0.6) is 0 Å². The van der Waals surface area contributed by atoms with Crippen molar-refractivity contribution in [1.82, 2.24) is 15.1 Å². The van der Waals surface area contributed by atoms with Crippen LogP contribution in [0.1, 0.15) is 36.3 Å². The van der Waals surface area contributed by atoms with E-state index in [4.69, 9.17) is 11.6 Å². The quantitative estimate of drug-likeness (QED) is 0.617. The molecule has 0 radical (unpaired) electrons. The molecule has 2 aromatic carbocycles. The lowest BCUT2D eigenvalue weighted by Crippen LogP contribution is -2.39. The fraction of sp³-hybridized carbons (Fsp3) is 0.250. The normalized spacial score (nSPS) is 18.5. The van der Waals surface area contributed by atoms with Gasteiger partial charge in [-0.15, -0.1) is 0 Å². The molecule has 162 valence electrons. The first-order valence-corrected chi connectivity index (χ1v) is 10.9. The van der Waals surface area contributed by atoms with Crippen LogP contribution in [-0.4, -0.2) is 27.5 Å². The van der Waals surface area contributed by atoms with Gasteiger partial charge in [-0.3, -0.25) is 24.6 Å². The Hall–Kier alpha value is -3.45. The molecule has 2 aliphatic heterocycles. The average molecular weight is 449 g/mol. The number of imide groups is 1. The molecule has 5 rings (SSSR count). The molecule has 2 aliphatic rings. The van der Waals surface area contributed by atoms with Gasteiger partial charge >= 0.3 is 0 Å². The van der Waals surface area contributed by atoms with E-state index in [9.17, 15) is 14.4 Å². The SMILES string of the molecule is O=C1CC[C@H](c2cccc(-c3ccc(CN4C(=O)CCn5nccc54)cc3)c2Cl)C(=O)N1. The summed E-state index contributed by atoms with van der Waals surface area (Å²) in [6, 6.07) is 15.4. The fourth-order valence-corrected chi connectivity index (χ4v) is 4.73. The van der Waals surface area contributed by atoms with Gasteiger partial charge in [0.2, 0.25) is 17.7 Å². The van der Waals surface area contributed by atoms with Crippen LogP contribution < -0.4 is 10.2 Å². The third kappa shape index (κ3) is 3.69. The lowest BCUT2D eigenvalue weighted by Gasteiger charge is -2.27. The number of carbonyl (C=O) groups is 3. The molecule has 0 spiro atoms. The Labute approximate surface area is 190 Å². The van der Waals surface area contributed by atoms with E-state index in [0.29, 0.717) is 37.4 Å². The van der Waals surface area contributed by atoms with Crippen LogP contribution in [0.4, 0.5) is 5.82 Å². The summed E-state index contributed by atoms with van der Waals surface area (Å²) in [6.07, 6.45) is 2.91. The van der Waals surface area contributed by atoms with Gasteiger partial charge in [-0.05, 0) is 23.1 Å². The maximum atomic E-state index is 12.4. The maximum Gasteiger partial charge on any atom is 0.234 e. The highest BCUT2D eigenvalue weighted by Gasteiger charge is 2.30. The first-order valence-electron chi connectivity index (χ1n) is 10.5. The summed E-state index contributed by atoms with van der Waals surface area (Å²) in [5, 5.41) is 7.18. The Balaban J connectivity index is 1.39. The van der Waals surface area contributed by atoms with Gasteiger partial charge in [-0.25, -0.2) is 4.68 Å². The van der Waals surface area contributed by atoms with Gasteiger partial charge in [-0.1, -0.05) is 54.1 Å². The van der Waals surface area contributed by atoms with Gasteiger partial charge in [0.25, 0.3) is 0 Å². The van der Waals surface area contributed by atoms with Crippen molar-refractivity contribution in [3.8, 4) is 11.1 Å². The van der Waals surface area contributed by atoms with Crippen molar-refractivity contribution < 1.29 is 14.4 Å². The minimum Gasteiger partial charge on any atom is -0.296 e. The lowest BCUT2D eigenvalue weighted by atomic mass is 9.88. The second-order valence-electron chi connectivity index (χ2n) is 8.05. The molecule has 1 saturated heterocycles. The van der Waals surface area contributed by atoms with E-state index in [-0.39, 0.29) is 17.7 Å². The van der Waals surface area contributed by atoms with Gasteiger partial charge in [0, 0.05) is 24.5 Å². The molecular weight excluding hydrogens is 428 g/mol. The van der Waals surface area contributed by atoms with Gasteiger partial charge in [-0.2, -0.15) is 5.10 Å². The zero-order valence-electron chi connectivity index (χ0n) is 17.3. The molecule has 3 amide bonds. The molecule has 0 saturated carbocycles. The van der Waals surface area contributed by atoms with Gasteiger partial charge in [0.05, 0.1) is 30.2 Å². The van der Waals surface area contributed by atoms with Crippen molar-refractivity contribution in [2.45, 2.75) is 38.3 Å². The van der Waals surface area contributed by atoms with Crippen LogP contribution in [0.2, 0.25) is 5.02 Å². The molecule has 7 nitrogen and oxygen atoms in total. The number of hydrogen-bond acceptors (Lipinski definition) is 4. The smallest absolute Gasteiger partial charge is 0.234 e. The summed E-state index contributed by atoms with van der Waals surface area (Å²) in [5.41, 5.74) is 3.47. The van der Waals surface area contributed by atoms with E-state index in [1.807, 2.05) is 53.2 Å². The number of aryl methyl sites for hydroxylation is 1. The van der Waals surface area contributed by atoms with E-state index in [2.05, 4.69) is 10.4 Å². The van der Waals surface area contributed by atoms with E-state index in [1.165, 1.54) is 0 Å². The molecule has 1 aromatic heterocycles. The van der Waals surface area contributed by atoms with Crippen LogP contribution in [0, 0.1) is 0 Å². The number of piperidine rings is 1. The van der Waals surface area contributed by atoms with E-state index >= 15 is 0 Å². The predicted molar refractivity (Wildman–Crippen MR) is 120 cm³/mol. The summed E-state index contributed by atoms with van der Waals surface area (Å²) < 4.78 is 1.84. The van der Waals surface area contributed by atoms with Gasteiger partial charge in [0.1, 0.15) is 5.82 Å². The van der Waals surface area contributed by atoms with Crippen molar-refractivity contribution in [2.75, 3.05) is 4.90 Å². The van der Waals surface area contributed by atoms with Crippen molar-refractivity contribution in [3.05, 3.63) is 70.9 Å². The Bertz CT molecular complexity index is 1220. The molecule has 0 unspecified atom stereocenters. The summed E-state index contributed by atoms with van der Waals surface area (Å²) in [7, 11) is 0. The zero-order chi connectivity index (χ0) is 22.2. The third-order valence-electron chi connectivity index (χ3n) is 6.06. The highest BCUT2D eigenvalue weighted by atomic mass is 35.5. The Morgan fingerprint density at radius 2 is 1.84 bits per heavy atom. The molecule has 1 fully saturated rings. The van der Waals surface area contributed by atoms with Crippen molar-refractivity contribution >= 4 is 35.1 Å². The minimum atomic E-state index is -0.436. The van der Waals surface area contributed by atoms with E-state index in [0.717, 1.165) is 28.1 Å². The predicted octanol–water partition coefficient (Wildman–Crippen LogP) is 3.66.